The number of aliphatic carboxylic acids is 1. The van der Waals surface area contributed by atoms with E-state index >= 15 is 0 Å². The van der Waals surface area contributed by atoms with Crippen molar-refractivity contribution >= 4 is 18.0 Å². The molecule has 0 saturated carbocycles. The Morgan fingerprint density at radius 2 is 2.10 bits per heavy atom. The minimum Gasteiger partial charge on any atom is -0.480 e. The molecule has 0 radical (unpaired) electrons. The Bertz CT molecular complexity index is 372. The summed E-state index contributed by atoms with van der Waals surface area (Å²) >= 11 is 0. The number of carbonyl (C=O) groups is 3. The average Bonchev–Trinajstić information content (AvgIpc) is 2.38. The summed E-state index contributed by atoms with van der Waals surface area (Å²) in [5.41, 5.74) is 0. The van der Waals surface area contributed by atoms with Crippen LogP contribution in [0.2, 0.25) is 0 Å². The highest BCUT2D eigenvalue weighted by Gasteiger charge is 2.34. The van der Waals surface area contributed by atoms with Crippen LogP contribution in [-0.2, 0) is 14.3 Å². The number of urea groups is 1. The standard InChI is InChI=1S/C13H22N2O5/c1-3-20-11(16)4-6-14-13(19)15-7-5-9(2)8-10(15)12(17)18/h9-10H,3-8H2,1-2H3,(H,14,19)(H,17,18). The fourth-order valence-corrected chi connectivity index (χ4v) is 2.22. The van der Waals surface area contributed by atoms with E-state index in [1.165, 1.54) is 4.90 Å². The van der Waals surface area contributed by atoms with Crippen LogP contribution in [0.4, 0.5) is 4.79 Å². The average molecular weight is 286 g/mol. The van der Waals surface area contributed by atoms with Crippen LogP contribution in [0.15, 0.2) is 0 Å². The van der Waals surface area contributed by atoms with E-state index in [0.717, 1.165) is 6.42 Å². The van der Waals surface area contributed by atoms with Gasteiger partial charge < -0.3 is 20.1 Å². The van der Waals surface area contributed by atoms with Gasteiger partial charge in [0, 0.05) is 13.1 Å². The van der Waals surface area contributed by atoms with E-state index in [2.05, 4.69) is 5.32 Å². The lowest BCUT2D eigenvalue weighted by atomic mass is 9.93. The molecular formula is C13H22N2O5. The number of amides is 2. The van der Waals surface area contributed by atoms with E-state index in [1.807, 2.05) is 6.92 Å². The van der Waals surface area contributed by atoms with Gasteiger partial charge in [0.05, 0.1) is 13.0 Å². The first kappa shape index (κ1) is 16.3. The Kier molecular flexibility index (Phi) is 6.27. The fraction of sp³-hybridized carbons (Fsp3) is 0.769. The number of nitrogens with zero attached hydrogens (tertiary/aromatic N) is 1. The molecule has 7 heteroatoms. The van der Waals surface area contributed by atoms with Crippen molar-refractivity contribution in [3.8, 4) is 0 Å². The van der Waals surface area contributed by atoms with E-state index in [1.54, 1.807) is 6.92 Å². The van der Waals surface area contributed by atoms with Gasteiger partial charge in [-0.1, -0.05) is 6.92 Å². The minimum absolute atomic E-state index is 0.0849. The van der Waals surface area contributed by atoms with Crippen LogP contribution in [-0.4, -0.2) is 53.7 Å². The predicted molar refractivity (Wildman–Crippen MR) is 71.2 cm³/mol. The third-order valence-electron chi connectivity index (χ3n) is 3.32. The summed E-state index contributed by atoms with van der Waals surface area (Å²) < 4.78 is 4.74. The topological polar surface area (TPSA) is 95.9 Å². The normalized spacial score (nSPS) is 22.2. The van der Waals surface area contributed by atoms with Crippen LogP contribution in [0.1, 0.15) is 33.1 Å². The van der Waals surface area contributed by atoms with Gasteiger partial charge in [0.25, 0.3) is 0 Å². The molecule has 0 bridgehead atoms. The maximum absolute atomic E-state index is 12.0. The molecule has 1 heterocycles. The van der Waals surface area contributed by atoms with Crippen molar-refractivity contribution in [3.05, 3.63) is 0 Å². The lowest BCUT2D eigenvalue weighted by molar-refractivity contribution is -0.144. The summed E-state index contributed by atoms with van der Waals surface area (Å²) in [6, 6.07) is -1.23. The Balaban J connectivity index is 2.44. The Morgan fingerprint density at radius 1 is 1.40 bits per heavy atom. The lowest BCUT2D eigenvalue weighted by Gasteiger charge is -2.35. The van der Waals surface area contributed by atoms with Crippen LogP contribution in [0.5, 0.6) is 0 Å². The monoisotopic (exact) mass is 286 g/mol. The van der Waals surface area contributed by atoms with Crippen molar-refractivity contribution in [1.82, 2.24) is 10.2 Å². The molecule has 1 saturated heterocycles. The molecular weight excluding hydrogens is 264 g/mol. The number of carboxylic acid groups (broad SMARTS) is 1. The molecule has 114 valence electrons. The molecule has 1 rings (SSSR count). The van der Waals surface area contributed by atoms with Crippen LogP contribution in [0.25, 0.3) is 0 Å². The summed E-state index contributed by atoms with van der Waals surface area (Å²) in [6.07, 6.45) is 1.33. The van der Waals surface area contributed by atoms with Crippen LogP contribution < -0.4 is 5.32 Å². The number of likely N-dealkylation sites (tertiary alicyclic amines) is 1. The van der Waals surface area contributed by atoms with E-state index in [0.29, 0.717) is 25.5 Å². The second-order valence-electron chi connectivity index (χ2n) is 4.96. The third-order valence-corrected chi connectivity index (χ3v) is 3.32. The van der Waals surface area contributed by atoms with Gasteiger partial charge in [0.15, 0.2) is 0 Å². The smallest absolute Gasteiger partial charge is 0.326 e. The number of carboxylic acids is 1. The van der Waals surface area contributed by atoms with Crippen LogP contribution in [0, 0.1) is 5.92 Å². The number of carbonyl (C=O) groups excluding carboxylic acids is 2. The van der Waals surface area contributed by atoms with Gasteiger partial charge in [-0.2, -0.15) is 0 Å². The van der Waals surface area contributed by atoms with Gasteiger partial charge in [-0.3, -0.25) is 4.79 Å². The highest BCUT2D eigenvalue weighted by Crippen LogP contribution is 2.22. The van der Waals surface area contributed by atoms with Crippen molar-refractivity contribution < 1.29 is 24.2 Å². The van der Waals surface area contributed by atoms with Gasteiger partial charge in [-0.25, -0.2) is 9.59 Å². The summed E-state index contributed by atoms with van der Waals surface area (Å²) in [5, 5.41) is 11.7. The molecule has 0 aromatic heterocycles. The molecule has 20 heavy (non-hydrogen) atoms. The van der Waals surface area contributed by atoms with E-state index < -0.39 is 18.0 Å². The second kappa shape index (κ2) is 7.72. The molecule has 2 amide bonds. The maximum Gasteiger partial charge on any atom is 0.326 e. The summed E-state index contributed by atoms with van der Waals surface area (Å²) in [6.45, 7) is 4.56. The molecule has 1 aliphatic heterocycles. The van der Waals surface area contributed by atoms with E-state index in [4.69, 9.17) is 9.84 Å². The second-order valence-corrected chi connectivity index (χ2v) is 4.96. The highest BCUT2D eigenvalue weighted by atomic mass is 16.5. The third kappa shape index (κ3) is 4.71. The molecule has 2 N–H and O–H groups in total. The van der Waals surface area contributed by atoms with Gasteiger partial charge in [-0.05, 0) is 25.7 Å². The zero-order valence-corrected chi connectivity index (χ0v) is 11.9. The fourth-order valence-electron chi connectivity index (χ4n) is 2.22. The highest BCUT2D eigenvalue weighted by molar-refractivity contribution is 5.83. The van der Waals surface area contributed by atoms with Crippen LogP contribution in [0.3, 0.4) is 0 Å². The van der Waals surface area contributed by atoms with Gasteiger partial charge in [0.1, 0.15) is 6.04 Å². The number of piperidine rings is 1. The zero-order valence-electron chi connectivity index (χ0n) is 11.9. The van der Waals surface area contributed by atoms with Crippen molar-refractivity contribution in [1.29, 1.82) is 0 Å². The van der Waals surface area contributed by atoms with E-state index in [-0.39, 0.29) is 18.9 Å². The minimum atomic E-state index is -0.989. The number of hydrogen-bond donors (Lipinski definition) is 2. The molecule has 1 fully saturated rings. The Hall–Kier alpha value is -1.79. The van der Waals surface area contributed by atoms with Crippen molar-refractivity contribution in [2.45, 2.75) is 39.2 Å². The number of hydrogen-bond acceptors (Lipinski definition) is 4. The number of rotatable bonds is 5. The summed E-state index contributed by atoms with van der Waals surface area (Å²) in [5.74, 6) is -1.08. The van der Waals surface area contributed by atoms with Gasteiger partial charge in [-0.15, -0.1) is 0 Å². The molecule has 0 aliphatic carbocycles. The first-order valence-corrected chi connectivity index (χ1v) is 6.88. The number of ether oxygens (including phenoxy) is 1. The molecule has 0 aromatic rings. The van der Waals surface area contributed by atoms with E-state index in [9.17, 15) is 14.4 Å². The molecule has 2 atom stereocenters. The molecule has 2 unspecified atom stereocenters. The molecule has 1 aliphatic rings. The summed E-state index contributed by atoms with van der Waals surface area (Å²) in [4.78, 5) is 35.6. The first-order valence-electron chi connectivity index (χ1n) is 6.88. The lowest BCUT2D eigenvalue weighted by Crippen LogP contribution is -2.53. The van der Waals surface area contributed by atoms with Crippen molar-refractivity contribution in [2.75, 3.05) is 19.7 Å². The largest absolute Gasteiger partial charge is 0.480 e. The van der Waals surface area contributed by atoms with Crippen molar-refractivity contribution in [3.63, 3.8) is 0 Å². The molecule has 7 nitrogen and oxygen atoms in total. The van der Waals surface area contributed by atoms with Crippen LogP contribution >= 0.6 is 0 Å². The van der Waals surface area contributed by atoms with Gasteiger partial charge in [0.2, 0.25) is 0 Å². The number of nitrogens with one attached hydrogen (secondary N) is 1. The zero-order chi connectivity index (χ0) is 15.1. The summed E-state index contributed by atoms with van der Waals surface area (Å²) in [7, 11) is 0. The molecule has 0 spiro atoms. The maximum atomic E-state index is 12.0. The number of esters is 1. The SMILES string of the molecule is CCOC(=O)CCNC(=O)N1CCC(C)CC1C(=O)O. The predicted octanol–water partition coefficient (Wildman–Crippen LogP) is 0.834. The van der Waals surface area contributed by atoms with Gasteiger partial charge >= 0.3 is 18.0 Å². The Labute approximate surface area is 118 Å². The quantitative estimate of drug-likeness (QED) is 0.730. The first-order chi connectivity index (χ1) is 9.45. The van der Waals surface area contributed by atoms with Crippen molar-refractivity contribution in [2.24, 2.45) is 5.92 Å². The Morgan fingerprint density at radius 3 is 2.70 bits per heavy atom. The molecule has 0 aromatic carbocycles.